The van der Waals surface area contributed by atoms with Crippen molar-refractivity contribution in [3.8, 4) is 11.4 Å². The van der Waals surface area contributed by atoms with Gasteiger partial charge in [0.1, 0.15) is 29.3 Å². The number of benzene rings is 1. The highest BCUT2D eigenvalue weighted by Gasteiger charge is 2.15. The lowest BCUT2D eigenvalue weighted by Crippen LogP contribution is -2.13. The van der Waals surface area contributed by atoms with Gasteiger partial charge in [0.25, 0.3) is 0 Å². The summed E-state index contributed by atoms with van der Waals surface area (Å²) in [7, 11) is 0. The second-order valence-corrected chi connectivity index (χ2v) is 4.45. The third-order valence-corrected chi connectivity index (χ3v) is 3.03. The molecule has 0 aliphatic carbocycles. The summed E-state index contributed by atoms with van der Waals surface area (Å²) in [5, 5.41) is 11.7. The van der Waals surface area contributed by atoms with E-state index < -0.39 is 0 Å². The number of hydrogen-bond acceptors (Lipinski definition) is 4. The quantitative estimate of drug-likeness (QED) is 0.566. The van der Waals surface area contributed by atoms with Crippen LogP contribution in [0.25, 0.3) is 11.4 Å². The monoisotopic (exact) mass is 285 g/mol. The Morgan fingerprint density at radius 2 is 2.19 bits per heavy atom. The summed E-state index contributed by atoms with van der Waals surface area (Å²) in [4.78, 5) is 4.05. The maximum absolute atomic E-state index is 13.8. The molecule has 0 saturated heterocycles. The van der Waals surface area contributed by atoms with Crippen molar-refractivity contribution in [1.29, 1.82) is 5.41 Å². The van der Waals surface area contributed by atoms with Crippen molar-refractivity contribution in [1.82, 2.24) is 14.8 Å². The molecular weight excluding hydrogens is 273 g/mol. The van der Waals surface area contributed by atoms with E-state index in [2.05, 4.69) is 10.1 Å². The Bertz CT molecular complexity index is 779. The van der Waals surface area contributed by atoms with Gasteiger partial charge in [0.15, 0.2) is 6.39 Å². The molecule has 0 spiro atoms. The summed E-state index contributed by atoms with van der Waals surface area (Å²) < 4.78 is 20.3. The molecule has 0 radical (unpaired) electrons. The SMILES string of the molecule is N=C(N)c1cc(-c2cocn2)n(Cc2ccccc2F)n1. The van der Waals surface area contributed by atoms with Crippen LogP contribution in [0.4, 0.5) is 4.39 Å². The van der Waals surface area contributed by atoms with Crippen LogP contribution in [0.15, 0.2) is 47.4 Å². The van der Waals surface area contributed by atoms with Crippen molar-refractivity contribution in [2.45, 2.75) is 6.54 Å². The van der Waals surface area contributed by atoms with Crippen molar-refractivity contribution in [3.63, 3.8) is 0 Å². The fourth-order valence-electron chi connectivity index (χ4n) is 2.00. The van der Waals surface area contributed by atoms with E-state index in [-0.39, 0.29) is 18.2 Å². The number of aromatic nitrogens is 3. The Labute approximate surface area is 119 Å². The van der Waals surface area contributed by atoms with Gasteiger partial charge >= 0.3 is 0 Å². The van der Waals surface area contributed by atoms with Gasteiger partial charge in [-0.1, -0.05) is 18.2 Å². The molecule has 2 aromatic heterocycles. The molecule has 0 bridgehead atoms. The minimum atomic E-state index is -0.316. The van der Waals surface area contributed by atoms with Gasteiger partial charge < -0.3 is 10.2 Å². The number of amidine groups is 1. The van der Waals surface area contributed by atoms with Gasteiger partial charge in [-0.15, -0.1) is 0 Å². The molecule has 3 rings (SSSR count). The van der Waals surface area contributed by atoms with Gasteiger partial charge in [0.05, 0.1) is 12.2 Å². The molecule has 0 amide bonds. The zero-order chi connectivity index (χ0) is 14.8. The van der Waals surface area contributed by atoms with Gasteiger partial charge in [-0.2, -0.15) is 5.10 Å². The summed E-state index contributed by atoms with van der Waals surface area (Å²) in [6.07, 6.45) is 2.75. The molecule has 0 aliphatic heterocycles. The molecule has 3 aromatic rings. The fraction of sp³-hybridized carbons (Fsp3) is 0.0714. The summed E-state index contributed by atoms with van der Waals surface area (Å²) in [6, 6.07) is 8.07. The van der Waals surface area contributed by atoms with E-state index in [9.17, 15) is 4.39 Å². The zero-order valence-electron chi connectivity index (χ0n) is 11.0. The van der Waals surface area contributed by atoms with E-state index in [0.29, 0.717) is 22.6 Å². The van der Waals surface area contributed by atoms with Crippen LogP contribution in [0.3, 0.4) is 0 Å². The molecule has 6 nitrogen and oxygen atoms in total. The minimum absolute atomic E-state index is 0.160. The van der Waals surface area contributed by atoms with Crippen molar-refractivity contribution in [2.24, 2.45) is 5.73 Å². The topological polar surface area (TPSA) is 93.7 Å². The number of halogens is 1. The maximum Gasteiger partial charge on any atom is 0.181 e. The van der Waals surface area contributed by atoms with Crippen molar-refractivity contribution < 1.29 is 8.81 Å². The first-order chi connectivity index (χ1) is 10.1. The predicted octanol–water partition coefficient (Wildman–Crippen LogP) is 2.01. The second-order valence-electron chi connectivity index (χ2n) is 4.45. The van der Waals surface area contributed by atoms with E-state index in [1.54, 1.807) is 28.9 Å². The van der Waals surface area contributed by atoms with Gasteiger partial charge in [0.2, 0.25) is 0 Å². The van der Waals surface area contributed by atoms with Crippen LogP contribution < -0.4 is 5.73 Å². The standard InChI is InChI=1S/C14H12FN5O/c15-10-4-2-1-3-9(10)6-20-13(12-7-21-8-18-12)5-11(19-20)14(16)17/h1-5,7-8H,6H2,(H3,16,17). The molecule has 0 atom stereocenters. The first-order valence-corrected chi connectivity index (χ1v) is 6.19. The van der Waals surface area contributed by atoms with Crippen LogP contribution in [0.2, 0.25) is 0 Å². The molecule has 106 valence electrons. The average molecular weight is 285 g/mol. The van der Waals surface area contributed by atoms with E-state index in [1.165, 1.54) is 18.7 Å². The van der Waals surface area contributed by atoms with Gasteiger partial charge in [-0.25, -0.2) is 9.37 Å². The van der Waals surface area contributed by atoms with Crippen LogP contribution in [0.5, 0.6) is 0 Å². The second kappa shape index (κ2) is 5.20. The normalized spacial score (nSPS) is 10.7. The molecule has 0 unspecified atom stereocenters. The molecule has 1 aromatic carbocycles. The van der Waals surface area contributed by atoms with E-state index in [1.807, 2.05) is 0 Å². The molecule has 0 fully saturated rings. The lowest BCUT2D eigenvalue weighted by atomic mass is 10.2. The predicted molar refractivity (Wildman–Crippen MR) is 74.2 cm³/mol. The highest BCUT2D eigenvalue weighted by atomic mass is 19.1. The first-order valence-electron chi connectivity index (χ1n) is 6.19. The Morgan fingerprint density at radius 3 is 2.86 bits per heavy atom. The lowest BCUT2D eigenvalue weighted by Gasteiger charge is -2.06. The molecule has 3 N–H and O–H groups in total. The Kier molecular flexibility index (Phi) is 3.23. The number of rotatable bonds is 4. The van der Waals surface area contributed by atoms with Gasteiger partial charge in [-0.3, -0.25) is 10.1 Å². The van der Waals surface area contributed by atoms with Crippen LogP contribution in [-0.4, -0.2) is 20.6 Å². The van der Waals surface area contributed by atoms with Gasteiger partial charge in [-0.05, 0) is 12.1 Å². The maximum atomic E-state index is 13.8. The summed E-state index contributed by atoms with van der Waals surface area (Å²) >= 11 is 0. The van der Waals surface area contributed by atoms with E-state index in [0.717, 1.165) is 0 Å². The van der Waals surface area contributed by atoms with Crippen molar-refractivity contribution >= 4 is 5.84 Å². The molecule has 0 saturated carbocycles. The van der Waals surface area contributed by atoms with E-state index in [4.69, 9.17) is 15.6 Å². The van der Waals surface area contributed by atoms with Crippen LogP contribution >= 0.6 is 0 Å². The molecule has 21 heavy (non-hydrogen) atoms. The molecule has 7 heteroatoms. The van der Waals surface area contributed by atoms with Crippen LogP contribution in [0, 0.1) is 11.2 Å². The highest BCUT2D eigenvalue weighted by Crippen LogP contribution is 2.20. The number of oxazole rings is 1. The van der Waals surface area contributed by atoms with Crippen molar-refractivity contribution in [3.05, 3.63) is 60.1 Å². The minimum Gasteiger partial charge on any atom is -0.451 e. The number of nitrogens with one attached hydrogen (secondary N) is 1. The largest absolute Gasteiger partial charge is 0.451 e. The molecule has 0 aliphatic rings. The Balaban J connectivity index is 2.05. The number of nitrogens with two attached hydrogens (primary N) is 1. The third kappa shape index (κ3) is 2.53. The highest BCUT2D eigenvalue weighted by molar-refractivity contribution is 5.94. The Hall–Kier alpha value is -2.96. The fourth-order valence-corrected chi connectivity index (χ4v) is 2.00. The molecular formula is C14H12FN5O. The van der Waals surface area contributed by atoms with Gasteiger partial charge in [0, 0.05) is 5.56 Å². The Morgan fingerprint density at radius 1 is 1.38 bits per heavy atom. The van der Waals surface area contributed by atoms with Crippen LogP contribution in [0.1, 0.15) is 11.3 Å². The smallest absolute Gasteiger partial charge is 0.181 e. The number of nitrogen functional groups attached to an aromatic ring is 1. The first kappa shape index (κ1) is 13.0. The molecule has 2 heterocycles. The van der Waals surface area contributed by atoms with Crippen LogP contribution in [-0.2, 0) is 6.54 Å². The average Bonchev–Trinajstić information content (AvgIpc) is 3.10. The lowest BCUT2D eigenvalue weighted by molar-refractivity contribution is 0.557. The van der Waals surface area contributed by atoms with E-state index >= 15 is 0 Å². The summed E-state index contributed by atoms with van der Waals surface area (Å²) in [6.45, 7) is 0.210. The number of hydrogen-bond donors (Lipinski definition) is 2. The number of nitrogens with zero attached hydrogens (tertiary/aromatic N) is 3. The zero-order valence-corrected chi connectivity index (χ0v) is 11.0. The third-order valence-electron chi connectivity index (χ3n) is 3.03. The summed E-state index contributed by atoms with van der Waals surface area (Å²) in [5.74, 6) is -0.476. The van der Waals surface area contributed by atoms with Crippen molar-refractivity contribution in [2.75, 3.05) is 0 Å². The summed E-state index contributed by atoms with van der Waals surface area (Å²) in [5.41, 5.74) is 7.41.